The highest BCUT2D eigenvalue weighted by molar-refractivity contribution is 6.30. The number of hydrogen-bond acceptors (Lipinski definition) is 3. The summed E-state index contributed by atoms with van der Waals surface area (Å²) in [5.74, 6) is 0. The van der Waals surface area contributed by atoms with Gasteiger partial charge in [0.25, 0.3) is 0 Å². The highest BCUT2D eigenvalue weighted by Crippen LogP contribution is 2.19. The van der Waals surface area contributed by atoms with Gasteiger partial charge in [0, 0.05) is 23.8 Å². The number of aliphatic hydroxyl groups excluding tert-OH is 1. The van der Waals surface area contributed by atoms with Crippen LogP contribution in [0.15, 0.2) is 48.7 Å². The standard InChI is InChI=1S/C15H17ClN2O/c1-11(18-10-14-4-2-3-9-17-14)15(19)12-5-7-13(16)8-6-12/h2-9,11,15,18-19H,10H2,1H3. The summed E-state index contributed by atoms with van der Waals surface area (Å²) in [6.45, 7) is 2.58. The summed E-state index contributed by atoms with van der Waals surface area (Å²) in [5.41, 5.74) is 1.81. The molecular weight excluding hydrogens is 260 g/mol. The molecule has 0 spiro atoms. The normalized spacial score (nSPS) is 14.1. The Balaban J connectivity index is 1.92. The van der Waals surface area contributed by atoms with Crippen LogP contribution in [0.1, 0.15) is 24.3 Å². The summed E-state index contributed by atoms with van der Waals surface area (Å²) < 4.78 is 0. The van der Waals surface area contributed by atoms with E-state index in [4.69, 9.17) is 11.6 Å². The minimum absolute atomic E-state index is 0.0665. The molecule has 19 heavy (non-hydrogen) atoms. The molecule has 3 nitrogen and oxygen atoms in total. The molecule has 0 fully saturated rings. The number of hydrogen-bond donors (Lipinski definition) is 2. The van der Waals surface area contributed by atoms with Crippen molar-refractivity contribution in [1.82, 2.24) is 10.3 Å². The Morgan fingerprint density at radius 2 is 1.95 bits per heavy atom. The Kier molecular flexibility index (Phi) is 4.91. The summed E-state index contributed by atoms with van der Waals surface area (Å²) in [4.78, 5) is 4.23. The van der Waals surface area contributed by atoms with E-state index < -0.39 is 6.10 Å². The number of halogens is 1. The van der Waals surface area contributed by atoms with Crippen molar-refractivity contribution < 1.29 is 5.11 Å². The van der Waals surface area contributed by atoms with Crippen LogP contribution < -0.4 is 5.32 Å². The first-order chi connectivity index (χ1) is 9.16. The van der Waals surface area contributed by atoms with Crippen LogP contribution in [0.4, 0.5) is 0 Å². The molecule has 2 N–H and O–H groups in total. The fraction of sp³-hybridized carbons (Fsp3) is 0.267. The molecule has 0 saturated heterocycles. The van der Waals surface area contributed by atoms with Crippen molar-refractivity contribution in [2.24, 2.45) is 0 Å². The predicted molar refractivity (Wildman–Crippen MR) is 77.0 cm³/mol. The predicted octanol–water partition coefficient (Wildman–Crippen LogP) is 2.95. The first-order valence-corrected chi connectivity index (χ1v) is 6.61. The van der Waals surface area contributed by atoms with E-state index in [9.17, 15) is 5.11 Å². The summed E-state index contributed by atoms with van der Waals surface area (Å²) in [5, 5.41) is 14.2. The molecule has 1 heterocycles. The van der Waals surface area contributed by atoms with Gasteiger partial charge in [0.2, 0.25) is 0 Å². The lowest BCUT2D eigenvalue weighted by Crippen LogP contribution is -2.31. The van der Waals surface area contributed by atoms with E-state index in [-0.39, 0.29) is 6.04 Å². The minimum atomic E-state index is -0.569. The molecule has 100 valence electrons. The monoisotopic (exact) mass is 276 g/mol. The zero-order valence-corrected chi connectivity index (χ0v) is 11.5. The van der Waals surface area contributed by atoms with Gasteiger partial charge in [0.15, 0.2) is 0 Å². The maximum atomic E-state index is 10.2. The van der Waals surface area contributed by atoms with Gasteiger partial charge in [-0.05, 0) is 36.8 Å². The lowest BCUT2D eigenvalue weighted by atomic mass is 10.0. The molecular formula is C15H17ClN2O. The third-order valence-electron chi connectivity index (χ3n) is 3.02. The van der Waals surface area contributed by atoms with Crippen molar-refractivity contribution in [2.75, 3.05) is 0 Å². The third-order valence-corrected chi connectivity index (χ3v) is 3.27. The molecule has 1 aromatic heterocycles. The van der Waals surface area contributed by atoms with Crippen molar-refractivity contribution in [2.45, 2.75) is 25.6 Å². The first kappa shape index (κ1) is 14.0. The van der Waals surface area contributed by atoms with Crippen molar-refractivity contribution in [3.8, 4) is 0 Å². The summed E-state index contributed by atoms with van der Waals surface area (Å²) >= 11 is 5.83. The SMILES string of the molecule is CC(NCc1ccccn1)C(O)c1ccc(Cl)cc1. The lowest BCUT2D eigenvalue weighted by molar-refractivity contribution is 0.135. The van der Waals surface area contributed by atoms with E-state index in [0.29, 0.717) is 11.6 Å². The molecule has 2 atom stereocenters. The quantitative estimate of drug-likeness (QED) is 0.883. The van der Waals surface area contributed by atoms with Crippen LogP contribution in [0.25, 0.3) is 0 Å². The first-order valence-electron chi connectivity index (χ1n) is 6.23. The van der Waals surface area contributed by atoms with E-state index in [1.807, 2.05) is 37.3 Å². The van der Waals surface area contributed by atoms with Gasteiger partial charge < -0.3 is 10.4 Å². The van der Waals surface area contributed by atoms with Crippen LogP contribution >= 0.6 is 11.6 Å². The second kappa shape index (κ2) is 6.66. The maximum absolute atomic E-state index is 10.2. The van der Waals surface area contributed by atoms with Gasteiger partial charge in [0.1, 0.15) is 0 Å². The van der Waals surface area contributed by atoms with Crippen molar-refractivity contribution in [3.05, 3.63) is 64.9 Å². The molecule has 0 aliphatic rings. The molecule has 2 aromatic rings. The largest absolute Gasteiger partial charge is 0.387 e. The minimum Gasteiger partial charge on any atom is -0.387 e. The van der Waals surface area contributed by atoms with Crippen LogP contribution in [0, 0.1) is 0 Å². The number of nitrogens with one attached hydrogen (secondary N) is 1. The maximum Gasteiger partial charge on any atom is 0.0940 e. The molecule has 2 rings (SSSR count). The van der Waals surface area contributed by atoms with Crippen molar-refractivity contribution in [3.63, 3.8) is 0 Å². The Labute approximate surface area is 118 Å². The zero-order chi connectivity index (χ0) is 13.7. The fourth-order valence-corrected chi connectivity index (χ4v) is 1.95. The molecule has 0 amide bonds. The highest BCUT2D eigenvalue weighted by Gasteiger charge is 2.15. The van der Waals surface area contributed by atoms with Gasteiger partial charge >= 0.3 is 0 Å². The van der Waals surface area contributed by atoms with Crippen LogP contribution in [-0.4, -0.2) is 16.1 Å². The second-order valence-electron chi connectivity index (χ2n) is 4.49. The molecule has 2 unspecified atom stereocenters. The number of aromatic nitrogens is 1. The fourth-order valence-electron chi connectivity index (χ4n) is 1.83. The Bertz CT molecular complexity index is 501. The van der Waals surface area contributed by atoms with Crippen LogP contribution in [0.2, 0.25) is 5.02 Å². The van der Waals surface area contributed by atoms with E-state index in [0.717, 1.165) is 11.3 Å². The number of pyridine rings is 1. The zero-order valence-electron chi connectivity index (χ0n) is 10.8. The van der Waals surface area contributed by atoms with E-state index in [2.05, 4.69) is 10.3 Å². The Morgan fingerprint density at radius 1 is 1.21 bits per heavy atom. The van der Waals surface area contributed by atoms with Gasteiger partial charge in [-0.1, -0.05) is 29.8 Å². The van der Waals surface area contributed by atoms with Gasteiger partial charge in [-0.25, -0.2) is 0 Å². The summed E-state index contributed by atoms with van der Waals surface area (Å²) in [6.07, 6.45) is 1.19. The number of benzene rings is 1. The van der Waals surface area contributed by atoms with E-state index in [1.54, 1.807) is 18.3 Å². The molecule has 0 radical (unpaired) electrons. The summed E-state index contributed by atoms with van der Waals surface area (Å²) in [6, 6.07) is 13.0. The Morgan fingerprint density at radius 3 is 2.58 bits per heavy atom. The molecule has 0 saturated carbocycles. The smallest absolute Gasteiger partial charge is 0.0940 e. The van der Waals surface area contributed by atoms with Gasteiger partial charge in [0.05, 0.1) is 11.8 Å². The van der Waals surface area contributed by atoms with Crippen LogP contribution in [0.5, 0.6) is 0 Å². The molecule has 4 heteroatoms. The average molecular weight is 277 g/mol. The van der Waals surface area contributed by atoms with Gasteiger partial charge in [-0.3, -0.25) is 4.98 Å². The van der Waals surface area contributed by atoms with Gasteiger partial charge in [-0.15, -0.1) is 0 Å². The lowest BCUT2D eigenvalue weighted by Gasteiger charge is -2.20. The second-order valence-corrected chi connectivity index (χ2v) is 4.92. The highest BCUT2D eigenvalue weighted by atomic mass is 35.5. The third kappa shape index (κ3) is 4.03. The van der Waals surface area contributed by atoms with Crippen molar-refractivity contribution in [1.29, 1.82) is 0 Å². The van der Waals surface area contributed by atoms with E-state index in [1.165, 1.54) is 0 Å². The van der Waals surface area contributed by atoms with Crippen LogP contribution in [-0.2, 0) is 6.54 Å². The number of nitrogens with zero attached hydrogens (tertiary/aromatic N) is 1. The molecule has 0 aliphatic carbocycles. The van der Waals surface area contributed by atoms with Crippen molar-refractivity contribution >= 4 is 11.6 Å². The number of rotatable bonds is 5. The summed E-state index contributed by atoms with van der Waals surface area (Å²) in [7, 11) is 0. The number of aliphatic hydroxyl groups is 1. The molecule has 0 aliphatic heterocycles. The Hall–Kier alpha value is -1.42. The average Bonchev–Trinajstić information content (AvgIpc) is 2.46. The van der Waals surface area contributed by atoms with E-state index >= 15 is 0 Å². The molecule has 1 aromatic carbocycles. The topological polar surface area (TPSA) is 45.2 Å². The molecule has 0 bridgehead atoms. The van der Waals surface area contributed by atoms with Crippen LogP contribution in [0.3, 0.4) is 0 Å². The van der Waals surface area contributed by atoms with Gasteiger partial charge in [-0.2, -0.15) is 0 Å².